The van der Waals surface area contributed by atoms with Gasteiger partial charge in [0.1, 0.15) is 0 Å². The highest BCUT2D eigenvalue weighted by atomic mass is 16.6. The van der Waals surface area contributed by atoms with Crippen LogP contribution in [0.15, 0.2) is 30.3 Å². The predicted octanol–water partition coefficient (Wildman–Crippen LogP) is 2.52. The van der Waals surface area contributed by atoms with Crippen molar-refractivity contribution < 1.29 is 9.72 Å². The zero-order valence-electron chi connectivity index (χ0n) is 10.6. The van der Waals surface area contributed by atoms with Crippen molar-refractivity contribution in [3.05, 3.63) is 46.0 Å². The van der Waals surface area contributed by atoms with E-state index in [2.05, 4.69) is 5.32 Å². The Morgan fingerprint density at radius 3 is 2.50 bits per heavy atom. The lowest BCUT2D eigenvalue weighted by Gasteiger charge is -2.18. The second kappa shape index (κ2) is 5.44. The van der Waals surface area contributed by atoms with E-state index < -0.39 is 4.92 Å². The van der Waals surface area contributed by atoms with E-state index >= 15 is 0 Å². The molecule has 1 rings (SSSR count). The first-order valence-electron chi connectivity index (χ1n) is 5.53. The van der Waals surface area contributed by atoms with Crippen LogP contribution in [-0.4, -0.2) is 16.4 Å². The van der Waals surface area contributed by atoms with E-state index in [4.69, 9.17) is 0 Å². The number of hydrogen-bond donors (Lipinski definition) is 1. The lowest BCUT2D eigenvalue weighted by atomic mass is 10.1. The molecule has 0 heterocycles. The molecule has 0 aliphatic carbocycles. The number of para-hydroxylation sites is 1. The number of hydrogen-bond acceptors (Lipinski definition) is 3. The second-order valence-electron chi connectivity index (χ2n) is 4.89. The zero-order valence-corrected chi connectivity index (χ0v) is 10.6. The Morgan fingerprint density at radius 2 is 1.94 bits per heavy atom. The van der Waals surface area contributed by atoms with Gasteiger partial charge in [-0.2, -0.15) is 0 Å². The molecule has 1 aromatic carbocycles. The van der Waals surface area contributed by atoms with Crippen molar-refractivity contribution in [2.24, 2.45) is 0 Å². The summed E-state index contributed by atoms with van der Waals surface area (Å²) in [4.78, 5) is 21.8. The third kappa shape index (κ3) is 4.37. The molecule has 0 unspecified atom stereocenters. The number of benzene rings is 1. The van der Waals surface area contributed by atoms with Crippen LogP contribution < -0.4 is 5.32 Å². The molecular formula is C13H16N2O3. The fraction of sp³-hybridized carbons (Fsp3) is 0.308. The monoisotopic (exact) mass is 248 g/mol. The average Bonchev–Trinajstić information content (AvgIpc) is 2.24. The van der Waals surface area contributed by atoms with Gasteiger partial charge in [-0.1, -0.05) is 12.1 Å². The third-order valence-electron chi connectivity index (χ3n) is 2.05. The molecule has 0 radical (unpaired) electrons. The van der Waals surface area contributed by atoms with Gasteiger partial charge in [0.25, 0.3) is 5.69 Å². The lowest BCUT2D eigenvalue weighted by molar-refractivity contribution is -0.385. The van der Waals surface area contributed by atoms with Crippen LogP contribution in [0, 0.1) is 10.1 Å². The molecule has 5 nitrogen and oxygen atoms in total. The Bertz CT molecular complexity index is 487. The Labute approximate surface area is 106 Å². The van der Waals surface area contributed by atoms with Crippen LogP contribution in [0.25, 0.3) is 6.08 Å². The second-order valence-corrected chi connectivity index (χ2v) is 4.89. The summed E-state index contributed by atoms with van der Waals surface area (Å²) in [6.45, 7) is 5.59. The summed E-state index contributed by atoms with van der Waals surface area (Å²) in [7, 11) is 0. The predicted molar refractivity (Wildman–Crippen MR) is 70.0 cm³/mol. The van der Waals surface area contributed by atoms with E-state index in [1.807, 2.05) is 20.8 Å². The number of nitro benzene ring substituents is 1. The van der Waals surface area contributed by atoms with Crippen LogP contribution in [0.3, 0.4) is 0 Å². The van der Waals surface area contributed by atoms with Crippen molar-refractivity contribution in [1.29, 1.82) is 0 Å². The maximum absolute atomic E-state index is 11.5. The molecular weight excluding hydrogens is 232 g/mol. The number of nitrogens with one attached hydrogen (secondary N) is 1. The first-order chi connectivity index (χ1) is 8.29. The number of carbonyl (C=O) groups excluding carboxylic acids is 1. The van der Waals surface area contributed by atoms with E-state index in [9.17, 15) is 14.9 Å². The van der Waals surface area contributed by atoms with E-state index in [1.165, 1.54) is 18.2 Å². The van der Waals surface area contributed by atoms with Crippen molar-refractivity contribution in [2.75, 3.05) is 0 Å². The largest absolute Gasteiger partial charge is 0.348 e. The van der Waals surface area contributed by atoms with E-state index in [0.717, 1.165) is 0 Å². The van der Waals surface area contributed by atoms with Crippen LogP contribution in [0.2, 0.25) is 0 Å². The molecule has 5 heteroatoms. The minimum absolute atomic E-state index is 0.0164. The molecule has 1 aromatic rings. The highest BCUT2D eigenvalue weighted by Gasteiger charge is 2.13. The number of amides is 1. The fourth-order valence-corrected chi connectivity index (χ4v) is 1.37. The molecule has 0 saturated carbocycles. The molecule has 0 atom stereocenters. The van der Waals surface area contributed by atoms with Crippen LogP contribution >= 0.6 is 0 Å². The SMILES string of the molecule is CC(C)(C)NC(=O)/C=C/c1ccccc1[N+](=O)[O-]. The first-order valence-corrected chi connectivity index (χ1v) is 5.53. The normalized spacial score (nSPS) is 11.5. The first kappa shape index (κ1) is 13.9. The Balaban J connectivity index is 2.85. The molecule has 0 aromatic heterocycles. The van der Waals surface area contributed by atoms with Crippen LogP contribution in [0.5, 0.6) is 0 Å². The highest BCUT2D eigenvalue weighted by molar-refractivity contribution is 5.92. The molecule has 0 spiro atoms. The van der Waals surface area contributed by atoms with Crippen LogP contribution in [0.1, 0.15) is 26.3 Å². The summed E-state index contributed by atoms with van der Waals surface area (Å²) in [5, 5.41) is 13.5. The smallest absolute Gasteiger partial charge is 0.276 e. The summed E-state index contributed by atoms with van der Waals surface area (Å²) < 4.78 is 0. The summed E-state index contributed by atoms with van der Waals surface area (Å²) >= 11 is 0. The molecule has 18 heavy (non-hydrogen) atoms. The Hall–Kier alpha value is -2.17. The Kier molecular flexibility index (Phi) is 4.20. The quantitative estimate of drug-likeness (QED) is 0.507. The number of nitrogens with zero attached hydrogens (tertiary/aromatic N) is 1. The van der Waals surface area contributed by atoms with E-state index in [1.54, 1.807) is 18.2 Å². The van der Waals surface area contributed by atoms with E-state index in [0.29, 0.717) is 5.56 Å². The molecule has 0 fully saturated rings. The molecule has 0 aliphatic heterocycles. The number of rotatable bonds is 3. The molecule has 1 amide bonds. The molecule has 0 saturated heterocycles. The number of nitro groups is 1. The van der Waals surface area contributed by atoms with Crippen molar-refractivity contribution in [3.8, 4) is 0 Å². The summed E-state index contributed by atoms with van der Waals surface area (Å²) in [5.41, 5.74) is 0.0631. The van der Waals surface area contributed by atoms with Crippen molar-refractivity contribution in [1.82, 2.24) is 5.32 Å². The molecule has 96 valence electrons. The topological polar surface area (TPSA) is 72.2 Å². The van der Waals surface area contributed by atoms with Crippen molar-refractivity contribution >= 4 is 17.7 Å². The van der Waals surface area contributed by atoms with Gasteiger partial charge in [-0.15, -0.1) is 0 Å². The van der Waals surface area contributed by atoms with Gasteiger partial charge in [0.2, 0.25) is 5.91 Å². The maximum Gasteiger partial charge on any atom is 0.276 e. The average molecular weight is 248 g/mol. The van der Waals surface area contributed by atoms with Gasteiger partial charge < -0.3 is 5.32 Å². The van der Waals surface area contributed by atoms with Gasteiger partial charge in [0.05, 0.1) is 10.5 Å². The third-order valence-corrected chi connectivity index (χ3v) is 2.05. The van der Waals surface area contributed by atoms with E-state index in [-0.39, 0.29) is 17.1 Å². The summed E-state index contributed by atoms with van der Waals surface area (Å²) in [5.74, 6) is -0.277. The maximum atomic E-state index is 11.5. The number of carbonyl (C=O) groups is 1. The summed E-state index contributed by atoms with van der Waals surface area (Å²) in [6, 6.07) is 6.28. The van der Waals surface area contributed by atoms with Gasteiger partial charge in [0.15, 0.2) is 0 Å². The Morgan fingerprint density at radius 1 is 1.33 bits per heavy atom. The van der Waals surface area contributed by atoms with Gasteiger partial charge in [-0.25, -0.2) is 0 Å². The minimum atomic E-state index is -0.471. The molecule has 1 N–H and O–H groups in total. The zero-order chi connectivity index (χ0) is 13.8. The van der Waals surface area contributed by atoms with Gasteiger partial charge >= 0.3 is 0 Å². The lowest BCUT2D eigenvalue weighted by Crippen LogP contribution is -2.39. The van der Waals surface area contributed by atoms with Crippen molar-refractivity contribution in [3.63, 3.8) is 0 Å². The fourth-order valence-electron chi connectivity index (χ4n) is 1.37. The standard InChI is InChI=1S/C13H16N2O3/c1-13(2,3)14-12(16)9-8-10-6-4-5-7-11(10)15(17)18/h4-9H,1-3H3,(H,14,16)/b9-8+. The van der Waals surface area contributed by atoms with Crippen molar-refractivity contribution in [2.45, 2.75) is 26.3 Å². The van der Waals surface area contributed by atoms with Gasteiger partial charge in [-0.3, -0.25) is 14.9 Å². The van der Waals surface area contributed by atoms with Crippen LogP contribution in [-0.2, 0) is 4.79 Å². The summed E-state index contributed by atoms with van der Waals surface area (Å²) in [6.07, 6.45) is 2.74. The minimum Gasteiger partial charge on any atom is -0.348 e. The van der Waals surface area contributed by atoms with Crippen LogP contribution in [0.4, 0.5) is 5.69 Å². The van der Waals surface area contributed by atoms with Gasteiger partial charge in [-0.05, 0) is 32.9 Å². The highest BCUT2D eigenvalue weighted by Crippen LogP contribution is 2.18. The molecule has 0 aliphatic rings. The molecule has 0 bridgehead atoms. The van der Waals surface area contributed by atoms with Gasteiger partial charge in [0, 0.05) is 17.7 Å².